The summed E-state index contributed by atoms with van der Waals surface area (Å²) in [5, 5.41) is 12.5. The number of phenolic OH excluding ortho intramolecular Hbond substituents is 1. The maximum absolute atomic E-state index is 12.0. The van der Waals surface area contributed by atoms with Crippen molar-refractivity contribution in [2.45, 2.75) is 25.8 Å². The number of carbonyl (C=O) groups excluding carboxylic acids is 1. The molecule has 4 nitrogen and oxygen atoms in total. The Labute approximate surface area is 124 Å². The fraction of sp³-hybridized carbons (Fsp3) is 0.235. The van der Waals surface area contributed by atoms with Crippen molar-refractivity contribution in [2.24, 2.45) is 5.73 Å². The van der Waals surface area contributed by atoms with Crippen LogP contribution in [0.3, 0.4) is 0 Å². The van der Waals surface area contributed by atoms with Crippen molar-refractivity contribution in [1.29, 1.82) is 0 Å². The van der Waals surface area contributed by atoms with Gasteiger partial charge in [-0.25, -0.2) is 0 Å². The van der Waals surface area contributed by atoms with Crippen molar-refractivity contribution in [1.82, 2.24) is 0 Å². The van der Waals surface area contributed by atoms with Gasteiger partial charge in [-0.15, -0.1) is 0 Å². The second-order valence-electron chi connectivity index (χ2n) is 4.97. The smallest absolute Gasteiger partial charge is 0.226 e. The Kier molecular flexibility index (Phi) is 4.95. The standard InChI is InChI=1S/C17H20N2O2/c1-2-12-8-9-16(20)15(10-12)19-17(21)11-14(18)13-6-4-3-5-7-13/h3-10,14,20H,2,11,18H2,1H3,(H,19,21). The Morgan fingerprint density at radius 3 is 2.62 bits per heavy atom. The molecule has 0 bridgehead atoms. The quantitative estimate of drug-likeness (QED) is 0.739. The number of aromatic hydroxyl groups is 1. The van der Waals surface area contributed by atoms with Gasteiger partial charge in [0, 0.05) is 12.5 Å². The first-order valence-corrected chi connectivity index (χ1v) is 7.02. The highest BCUT2D eigenvalue weighted by molar-refractivity contribution is 5.92. The van der Waals surface area contributed by atoms with E-state index in [-0.39, 0.29) is 24.1 Å². The Balaban J connectivity index is 2.02. The molecular weight excluding hydrogens is 264 g/mol. The third kappa shape index (κ3) is 4.07. The van der Waals surface area contributed by atoms with Crippen molar-refractivity contribution < 1.29 is 9.90 Å². The number of rotatable bonds is 5. The minimum absolute atomic E-state index is 0.0637. The second kappa shape index (κ2) is 6.90. The third-order valence-electron chi connectivity index (χ3n) is 3.38. The SMILES string of the molecule is CCc1ccc(O)c(NC(=O)CC(N)c2ccccc2)c1. The van der Waals surface area contributed by atoms with E-state index in [0.717, 1.165) is 17.5 Å². The largest absolute Gasteiger partial charge is 0.506 e. The van der Waals surface area contributed by atoms with Crippen LogP contribution < -0.4 is 11.1 Å². The second-order valence-corrected chi connectivity index (χ2v) is 4.97. The first-order valence-electron chi connectivity index (χ1n) is 7.02. The molecule has 0 saturated carbocycles. The molecule has 4 N–H and O–H groups in total. The molecule has 110 valence electrons. The summed E-state index contributed by atoms with van der Waals surface area (Å²) in [5.74, 6) is -0.149. The molecule has 1 atom stereocenters. The van der Waals surface area contributed by atoms with Gasteiger partial charge in [0.2, 0.25) is 5.91 Å². The molecule has 2 aromatic carbocycles. The number of phenols is 1. The predicted molar refractivity (Wildman–Crippen MR) is 84.1 cm³/mol. The number of amides is 1. The van der Waals surface area contributed by atoms with Crippen LogP contribution in [-0.2, 0) is 11.2 Å². The molecule has 2 rings (SSSR count). The number of nitrogens with one attached hydrogen (secondary N) is 1. The van der Waals surface area contributed by atoms with Gasteiger partial charge >= 0.3 is 0 Å². The van der Waals surface area contributed by atoms with Crippen LogP contribution in [0.15, 0.2) is 48.5 Å². The fourth-order valence-electron chi connectivity index (χ4n) is 2.12. The molecular formula is C17H20N2O2. The first kappa shape index (κ1) is 15.1. The summed E-state index contributed by atoms with van der Waals surface area (Å²) in [5.41, 5.74) is 8.42. The van der Waals surface area contributed by atoms with E-state index in [2.05, 4.69) is 5.32 Å². The van der Waals surface area contributed by atoms with Crippen LogP contribution >= 0.6 is 0 Å². The lowest BCUT2D eigenvalue weighted by Crippen LogP contribution is -2.20. The Hall–Kier alpha value is -2.33. The summed E-state index contributed by atoms with van der Waals surface area (Å²) in [7, 11) is 0. The number of anilines is 1. The van der Waals surface area contributed by atoms with Gasteiger partial charge in [0.05, 0.1) is 5.69 Å². The van der Waals surface area contributed by atoms with Crippen LogP contribution in [-0.4, -0.2) is 11.0 Å². The average Bonchev–Trinajstić information content (AvgIpc) is 2.50. The summed E-state index contributed by atoms with van der Waals surface area (Å²) in [6.45, 7) is 2.02. The molecule has 1 amide bonds. The lowest BCUT2D eigenvalue weighted by Gasteiger charge is -2.13. The number of benzene rings is 2. The normalized spacial score (nSPS) is 11.9. The van der Waals surface area contributed by atoms with E-state index >= 15 is 0 Å². The summed E-state index contributed by atoms with van der Waals surface area (Å²) in [6, 6.07) is 14.3. The highest BCUT2D eigenvalue weighted by atomic mass is 16.3. The van der Waals surface area contributed by atoms with Gasteiger partial charge in [-0.05, 0) is 29.7 Å². The van der Waals surface area contributed by atoms with E-state index in [4.69, 9.17) is 5.73 Å². The van der Waals surface area contributed by atoms with Gasteiger partial charge in [-0.2, -0.15) is 0 Å². The van der Waals surface area contributed by atoms with Crippen LogP contribution in [0.2, 0.25) is 0 Å². The lowest BCUT2D eigenvalue weighted by molar-refractivity contribution is -0.116. The average molecular weight is 284 g/mol. The van der Waals surface area contributed by atoms with E-state index in [1.54, 1.807) is 12.1 Å². The summed E-state index contributed by atoms with van der Waals surface area (Å²) < 4.78 is 0. The maximum Gasteiger partial charge on any atom is 0.226 e. The molecule has 0 aromatic heterocycles. The molecule has 0 heterocycles. The van der Waals surface area contributed by atoms with Crippen LogP contribution in [0, 0.1) is 0 Å². The van der Waals surface area contributed by atoms with E-state index in [0.29, 0.717) is 5.69 Å². The third-order valence-corrected chi connectivity index (χ3v) is 3.38. The number of hydrogen-bond donors (Lipinski definition) is 3. The highest BCUT2D eigenvalue weighted by Crippen LogP contribution is 2.25. The van der Waals surface area contributed by atoms with E-state index < -0.39 is 0 Å². The molecule has 1 unspecified atom stereocenters. The van der Waals surface area contributed by atoms with Crippen LogP contribution in [0.25, 0.3) is 0 Å². The van der Waals surface area contributed by atoms with Crippen LogP contribution in [0.5, 0.6) is 5.75 Å². The van der Waals surface area contributed by atoms with Crippen molar-refractivity contribution in [3.8, 4) is 5.75 Å². The predicted octanol–water partition coefficient (Wildman–Crippen LogP) is 2.98. The minimum Gasteiger partial charge on any atom is -0.506 e. The van der Waals surface area contributed by atoms with Crippen LogP contribution in [0.1, 0.15) is 30.5 Å². The maximum atomic E-state index is 12.0. The Morgan fingerprint density at radius 2 is 1.95 bits per heavy atom. The minimum atomic E-state index is -0.359. The summed E-state index contributed by atoms with van der Waals surface area (Å²) in [6.07, 6.45) is 1.01. The van der Waals surface area contributed by atoms with Gasteiger partial charge in [0.25, 0.3) is 0 Å². The topological polar surface area (TPSA) is 75.3 Å². The molecule has 0 radical (unpaired) electrons. The van der Waals surface area contributed by atoms with Gasteiger partial charge in [-0.1, -0.05) is 43.3 Å². The molecule has 0 aliphatic carbocycles. The van der Waals surface area contributed by atoms with Gasteiger partial charge in [0.1, 0.15) is 5.75 Å². The zero-order chi connectivity index (χ0) is 15.2. The van der Waals surface area contributed by atoms with Gasteiger partial charge < -0.3 is 16.2 Å². The Morgan fingerprint density at radius 1 is 1.24 bits per heavy atom. The molecule has 4 heteroatoms. The molecule has 0 saturated heterocycles. The van der Waals surface area contributed by atoms with E-state index in [9.17, 15) is 9.90 Å². The molecule has 0 aliphatic heterocycles. The van der Waals surface area contributed by atoms with Gasteiger partial charge in [-0.3, -0.25) is 4.79 Å². The van der Waals surface area contributed by atoms with Crippen molar-refractivity contribution in [3.63, 3.8) is 0 Å². The van der Waals surface area contributed by atoms with Crippen molar-refractivity contribution >= 4 is 11.6 Å². The van der Waals surface area contributed by atoms with Gasteiger partial charge in [0.15, 0.2) is 0 Å². The first-order chi connectivity index (χ1) is 10.1. The van der Waals surface area contributed by atoms with E-state index in [1.165, 1.54) is 0 Å². The molecule has 0 spiro atoms. The zero-order valence-corrected chi connectivity index (χ0v) is 12.0. The summed E-state index contributed by atoms with van der Waals surface area (Å²) in [4.78, 5) is 12.0. The van der Waals surface area contributed by atoms with Crippen LogP contribution in [0.4, 0.5) is 5.69 Å². The van der Waals surface area contributed by atoms with Crippen molar-refractivity contribution in [3.05, 3.63) is 59.7 Å². The molecule has 21 heavy (non-hydrogen) atoms. The van der Waals surface area contributed by atoms with Crippen molar-refractivity contribution in [2.75, 3.05) is 5.32 Å². The monoisotopic (exact) mass is 284 g/mol. The fourth-order valence-corrected chi connectivity index (χ4v) is 2.12. The number of aryl methyl sites for hydroxylation is 1. The van der Waals surface area contributed by atoms with E-state index in [1.807, 2.05) is 43.3 Å². The lowest BCUT2D eigenvalue weighted by atomic mass is 10.0. The highest BCUT2D eigenvalue weighted by Gasteiger charge is 2.13. The number of nitrogens with two attached hydrogens (primary N) is 1. The molecule has 2 aromatic rings. The molecule has 0 fully saturated rings. The number of carbonyl (C=O) groups is 1. The summed E-state index contributed by atoms with van der Waals surface area (Å²) >= 11 is 0. The Bertz CT molecular complexity index is 611. The molecule has 0 aliphatic rings. The zero-order valence-electron chi connectivity index (χ0n) is 12.0. The number of hydrogen-bond acceptors (Lipinski definition) is 3.